The topological polar surface area (TPSA) is 45.7 Å². The van der Waals surface area contributed by atoms with E-state index in [1.54, 1.807) is 11.3 Å². The van der Waals surface area contributed by atoms with Gasteiger partial charge in [0, 0.05) is 31.1 Å². The van der Waals surface area contributed by atoms with Gasteiger partial charge in [-0.05, 0) is 44.1 Å². The highest BCUT2D eigenvalue weighted by Gasteiger charge is 2.12. The molecule has 1 heterocycles. The van der Waals surface area contributed by atoms with Gasteiger partial charge < -0.3 is 15.4 Å². The molecular formula is C17H32IN3OS. The van der Waals surface area contributed by atoms with Crippen molar-refractivity contribution in [3.8, 4) is 0 Å². The van der Waals surface area contributed by atoms with E-state index in [4.69, 9.17) is 4.74 Å². The lowest BCUT2D eigenvalue weighted by atomic mass is 10.0. The molecule has 0 fully saturated rings. The first-order valence-corrected chi connectivity index (χ1v) is 9.21. The molecule has 0 aromatic carbocycles. The van der Waals surface area contributed by atoms with Gasteiger partial charge in [-0.1, -0.05) is 19.9 Å². The van der Waals surface area contributed by atoms with Gasteiger partial charge in [0.2, 0.25) is 0 Å². The van der Waals surface area contributed by atoms with E-state index in [-0.39, 0.29) is 24.0 Å². The molecule has 134 valence electrons. The molecule has 1 atom stereocenters. The van der Waals surface area contributed by atoms with Gasteiger partial charge in [-0.25, -0.2) is 0 Å². The van der Waals surface area contributed by atoms with Crippen LogP contribution in [0.1, 0.15) is 39.0 Å². The molecule has 0 bridgehead atoms. The maximum atomic E-state index is 5.77. The Labute approximate surface area is 162 Å². The van der Waals surface area contributed by atoms with Crippen molar-refractivity contribution in [2.45, 2.75) is 46.6 Å². The third-order valence-corrected chi connectivity index (χ3v) is 4.33. The van der Waals surface area contributed by atoms with Crippen LogP contribution in [0.25, 0.3) is 0 Å². The lowest BCUT2D eigenvalue weighted by Crippen LogP contribution is -2.38. The van der Waals surface area contributed by atoms with Crippen LogP contribution in [0, 0.1) is 5.92 Å². The van der Waals surface area contributed by atoms with Crippen LogP contribution >= 0.6 is 35.3 Å². The van der Waals surface area contributed by atoms with Gasteiger partial charge in [0.25, 0.3) is 0 Å². The Hall–Kier alpha value is -0.340. The van der Waals surface area contributed by atoms with E-state index < -0.39 is 0 Å². The first kappa shape index (κ1) is 22.7. The maximum Gasteiger partial charge on any atom is 0.191 e. The van der Waals surface area contributed by atoms with Crippen LogP contribution in [0.3, 0.4) is 0 Å². The summed E-state index contributed by atoms with van der Waals surface area (Å²) in [5.74, 6) is 1.43. The van der Waals surface area contributed by atoms with Crippen molar-refractivity contribution in [2.24, 2.45) is 10.9 Å². The highest BCUT2D eigenvalue weighted by molar-refractivity contribution is 14.0. The smallest absolute Gasteiger partial charge is 0.191 e. The van der Waals surface area contributed by atoms with Crippen molar-refractivity contribution in [1.82, 2.24) is 10.6 Å². The summed E-state index contributed by atoms with van der Waals surface area (Å²) in [6.07, 6.45) is 2.30. The Morgan fingerprint density at radius 2 is 2.09 bits per heavy atom. The van der Waals surface area contributed by atoms with Crippen LogP contribution in [0.15, 0.2) is 22.5 Å². The molecule has 1 unspecified atom stereocenters. The molecule has 0 aliphatic carbocycles. The van der Waals surface area contributed by atoms with Gasteiger partial charge >= 0.3 is 0 Å². The average molecular weight is 453 g/mol. The molecule has 23 heavy (non-hydrogen) atoms. The number of rotatable bonds is 10. The summed E-state index contributed by atoms with van der Waals surface area (Å²) in [6, 6.07) is 4.27. The Kier molecular flexibility index (Phi) is 13.8. The Morgan fingerprint density at radius 3 is 2.65 bits per heavy atom. The van der Waals surface area contributed by atoms with Gasteiger partial charge in [-0.15, -0.1) is 35.3 Å². The van der Waals surface area contributed by atoms with Crippen LogP contribution < -0.4 is 10.6 Å². The lowest BCUT2D eigenvalue weighted by molar-refractivity contribution is 0.0266. The van der Waals surface area contributed by atoms with Crippen molar-refractivity contribution in [1.29, 1.82) is 0 Å². The standard InChI is InChI=1S/C17H31N3OS.HI/c1-5-18-17(19-11-9-15-8-7-13-22-15)20-12-10-16(14(3)4)21-6-2;/h7-8,13-14,16H,5-6,9-12H2,1-4H3,(H2,18,19,20);1H. The molecule has 0 aliphatic rings. The minimum atomic E-state index is 0. The van der Waals surface area contributed by atoms with Crippen LogP contribution in [0.5, 0.6) is 0 Å². The van der Waals surface area contributed by atoms with E-state index in [2.05, 4.69) is 60.8 Å². The van der Waals surface area contributed by atoms with Crippen molar-refractivity contribution < 1.29 is 4.74 Å². The second-order valence-corrected chi connectivity index (χ2v) is 6.58. The lowest BCUT2D eigenvalue weighted by Gasteiger charge is -2.20. The number of hydrogen-bond acceptors (Lipinski definition) is 3. The van der Waals surface area contributed by atoms with Crippen molar-refractivity contribution >= 4 is 41.3 Å². The predicted octanol–water partition coefficient (Wildman–Crippen LogP) is 3.91. The molecule has 0 radical (unpaired) electrons. The van der Waals surface area contributed by atoms with E-state index in [0.29, 0.717) is 12.0 Å². The number of thiophene rings is 1. The Bertz CT molecular complexity index is 410. The van der Waals surface area contributed by atoms with Crippen LogP contribution in [-0.2, 0) is 11.2 Å². The minimum absolute atomic E-state index is 0. The molecule has 1 aromatic heterocycles. The van der Waals surface area contributed by atoms with E-state index in [1.165, 1.54) is 4.88 Å². The molecule has 0 spiro atoms. The number of guanidine groups is 1. The second kappa shape index (κ2) is 14.0. The van der Waals surface area contributed by atoms with Gasteiger partial charge in [0.05, 0.1) is 6.10 Å². The third kappa shape index (κ3) is 10.2. The molecule has 4 nitrogen and oxygen atoms in total. The van der Waals surface area contributed by atoms with Crippen molar-refractivity contribution in [2.75, 3.05) is 26.2 Å². The van der Waals surface area contributed by atoms with Crippen molar-refractivity contribution in [3.63, 3.8) is 0 Å². The largest absolute Gasteiger partial charge is 0.378 e. The zero-order chi connectivity index (χ0) is 16.2. The van der Waals surface area contributed by atoms with Crippen molar-refractivity contribution in [3.05, 3.63) is 22.4 Å². The molecule has 6 heteroatoms. The van der Waals surface area contributed by atoms with E-state index in [1.807, 2.05) is 0 Å². The Morgan fingerprint density at radius 1 is 1.30 bits per heavy atom. The van der Waals surface area contributed by atoms with Gasteiger partial charge in [-0.3, -0.25) is 4.99 Å². The highest BCUT2D eigenvalue weighted by Crippen LogP contribution is 2.11. The summed E-state index contributed by atoms with van der Waals surface area (Å²) < 4.78 is 5.77. The first-order chi connectivity index (χ1) is 10.7. The molecule has 2 N–H and O–H groups in total. The minimum Gasteiger partial charge on any atom is -0.378 e. The predicted molar refractivity (Wildman–Crippen MR) is 112 cm³/mol. The molecule has 0 amide bonds. The summed E-state index contributed by atoms with van der Waals surface area (Å²) in [6.45, 7) is 11.9. The summed E-state index contributed by atoms with van der Waals surface area (Å²) in [5, 5.41) is 8.82. The fourth-order valence-electron chi connectivity index (χ4n) is 2.23. The highest BCUT2D eigenvalue weighted by atomic mass is 127. The SMILES string of the molecule is CCNC(=NCCC(OCC)C(C)C)NCCc1cccs1.I. The monoisotopic (exact) mass is 453 g/mol. The van der Waals surface area contributed by atoms with Crippen LogP contribution in [-0.4, -0.2) is 38.3 Å². The van der Waals surface area contributed by atoms with E-state index in [0.717, 1.165) is 45.0 Å². The third-order valence-electron chi connectivity index (χ3n) is 3.40. The number of halogens is 1. The van der Waals surface area contributed by atoms with Crippen LogP contribution in [0.4, 0.5) is 0 Å². The molecule has 1 aromatic rings. The normalized spacial score (nSPS) is 12.8. The fourth-order valence-corrected chi connectivity index (χ4v) is 2.94. The summed E-state index contributed by atoms with van der Waals surface area (Å²) in [4.78, 5) is 6.06. The molecule has 0 saturated carbocycles. The zero-order valence-corrected chi connectivity index (χ0v) is 17.9. The molecular weight excluding hydrogens is 421 g/mol. The quantitative estimate of drug-likeness (QED) is 0.321. The van der Waals surface area contributed by atoms with Gasteiger partial charge in [-0.2, -0.15) is 0 Å². The van der Waals surface area contributed by atoms with Gasteiger partial charge in [0.1, 0.15) is 0 Å². The van der Waals surface area contributed by atoms with E-state index in [9.17, 15) is 0 Å². The average Bonchev–Trinajstić information content (AvgIpc) is 2.99. The van der Waals surface area contributed by atoms with Crippen LogP contribution in [0.2, 0.25) is 0 Å². The second-order valence-electron chi connectivity index (χ2n) is 5.54. The van der Waals surface area contributed by atoms with E-state index >= 15 is 0 Å². The first-order valence-electron chi connectivity index (χ1n) is 8.33. The zero-order valence-electron chi connectivity index (χ0n) is 14.8. The number of hydrogen-bond donors (Lipinski definition) is 2. The number of aliphatic imine (C=N–C) groups is 1. The molecule has 0 saturated heterocycles. The molecule has 1 rings (SSSR count). The Balaban J connectivity index is 0.00000484. The number of nitrogens with zero attached hydrogens (tertiary/aromatic N) is 1. The summed E-state index contributed by atoms with van der Waals surface area (Å²) >= 11 is 1.80. The number of nitrogens with one attached hydrogen (secondary N) is 2. The fraction of sp³-hybridized carbons (Fsp3) is 0.706. The molecule has 0 aliphatic heterocycles. The summed E-state index contributed by atoms with van der Waals surface area (Å²) in [5.41, 5.74) is 0. The van der Waals surface area contributed by atoms with Gasteiger partial charge in [0.15, 0.2) is 5.96 Å². The number of ether oxygens (including phenoxy) is 1. The summed E-state index contributed by atoms with van der Waals surface area (Å²) in [7, 11) is 0. The maximum absolute atomic E-state index is 5.77.